The number of benzene rings is 1. The fourth-order valence-corrected chi connectivity index (χ4v) is 2.41. The van der Waals surface area contributed by atoms with Gasteiger partial charge in [0.15, 0.2) is 5.65 Å². The third kappa shape index (κ3) is 1.90. The molecule has 21 heavy (non-hydrogen) atoms. The molecule has 0 unspecified atom stereocenters. The van der Waals surface area contributed by atoms with Crippen molar-refractivity contribution < 1.29 is 4.42 Å². The second kappa shape index (κ2) is 4.28. The van der Waals surface area contributed by atoms with E-state index in [1.54, 1.807) is 6.20 Å². The third-order valence-corrected chi connectivity index (χ3v) is 3.43. The molecule has 4 rings (SSSR count). The van der Waals surface area contributed by atoms with Gasteiger partial charge in [-0.1, -0.05) is 11.6 Å². The summed E-state index contributed by atoms with van der Waals surface area (Å²) in [4.78, 5) is 11.8. The zero-order valence-corrected chi connectivity index (χ0v) is 11.3. The highest BCUT2D eigenvalue weighted by Gasteiger charge is 2.10. The highest BCUT2D eigenvalue weighted by Crippen LogP contribution is 2.21. The summed E-state index contributed by atoms with van der Waals surface area (Å²) in [5, 5.41) is 9.02. The summed E-state index contributed by atoms with van der Waals surface area (Å²) in [5.74, 6) is 0.598. The van der Waals surface area contributed by atoms with E-state index in [0.717, 1.165) is 16.5 Å². The number of aromatic nitrogens is 3. The molecule has 2 N–H and O–H groups in total. The topological polar surface area (TPSA) is 78.6 Å². The third-order valence-electron chi connectivity index (χ3n) is 3.43. The van der Waals surface area contributed by atoms with E-state index in [1.165, 1.54) is 0 Å². The summed E-state index contributed by atoms with van der Waals surface area (Å²) in [5.41, 5.74) is 4.04. The lowest BCUT2D eigenvalue weighted by molar-refractivity contribution is 0.535. The summed E-state index contributed by atoms with van der Waals surface area (Å²) in [6.45, 7) is 2.03. The largest absolute Gasteiger partial charge is 0.438 e. The van der Waals surface area contributed by atoms with E-state index in [1.807, 2.05) is 43.3 Å². The molecule has 0 saturated carbocycles. The number of hydrogen-bond acceptors (Lipinski definition) is 4. The Morgan fingerprint density at radius 3 is 2.95 bits per heavy atom. The van der Waals surface area contributed by atoms with Gasteiger partial charge in [0.25, 0.3) is 0 Å². The van der Waals surface area contributed by atoms with E-state index in [0.29, 0.717) is 22.6 Å². The molecule has 5 heteroatoms. The summed E-state index contributed by atoms with van der Waals surface area (Å²) in [6.07, 6.45) is 1.70. The average Bonchev–Trinajstić information content (AvgIpc) is 2.90. The Labute approximate surface area is 119 Å². The standard InChI is InChI=1S/C16H12N4O/c1-9-4-5-13-10(7-9)8-11(14(17)21-13)15-19-12-3-2-6-18-16(12)20-15/h2-8,17H,1H3,(H,18,19,20). The lowest BCUT2D eigenvalue weighted by atomic mass is 10.1. The van der Waals surface area contributed by atoms with Crippen molar-refractivity contribution in [2.45, 2.75) is 6.92 Å². The number of imidazole rings is 1. The molecule has 3 aromatic heterocycles. The SMILES string of the molecule is Cc1ccc2oc(=N)c(-c3nc4ncccc4[nH]3)cc2c1. The number of aromatic amines is 1. The van der Waals surface area contributed by atoms with Crippen LogP contribution in [0.25, 0.3) is 33.5 Å². The smallest absolute Gasteiger partial charge is 0.223 e. The second-order valence-electron chi connectivity index (χ2n) is 4.99. The first kappa shape index (κ1) is 11.8. The van der Waals surface area contributed by atoms with Crippen molar-refractivity contribution in [1.29, 1.82) is 5.41 Å². The van der Waals surface area contributed by atoms with Crippen LogP contribution < -0.4 is 5.55 Å². The Kier molecular flexibility index (Phi) is 2.41. The lowest BCUT2D eigenvalue weighted by Crippen LogP contribution is -2.04. The number of aryl methyl sites for hydroxylation is 1. The van der Waals surface area contributed by atoms with Crippen LogP contribution in [-0.4, -0.2) is 15.0 Å². The number of pyridine rings is 1. The maximum atomic E-state index is 8.07. The minimum atomic E-state index is 0.0883. The van der Waals surface area contributed by atoms with Crippen molar-refractivity contribution in [2.75, 3.05) is 0 Å². The van der Waals surface area contributed by atoms with Gasteiger partial charge in [-0.15, -0.1) is 0 Å². The number of nitrogens with zero attached hydrogens (tertiary/aromatic N) is 2. The number of fused-ring (bicyclic) bond motifs is 2. The Hall–Kier alpha value is -2.95. The van der Waals surface area contributed by atoms with Crippen LogP contribution in [0.1, 0.15) is 5.56 Å². The van der Waals surface area contributed by atoms with Crippen molar-refractivity contribution in [2.24, 2.45) is 0 Å². The van der Waals surface area contributed by atoms with Gasteiger partial charge in [0.1, 0.15) is 11.4 Å². The molecule has 0 spiro atoms. The van der Waals surface area contributed by atoms with E-state index in [4.69, 9.17) is 9.83 Å². The normalized spacial score (nSPS) is 11.3. The molecule has 0 saturated heterocycles. The van der Waals surface area contributed by atoms with Gasteiger partial charge >= 0.3 is 0 Å². The molecule has 102 valence electrons. The number of nitrogens with one attached hydrogen (secondary N) is 2. The van der Waals surface area contributed by atoms with E-state index in [9.17, 15) is 0 Å². The Bertz CT molecular complexity index is 996. The van der Waals surface area contributed by atoms with Crippen LogP contribution in [0.15, 0.2) is 47.0 Å². The minimum Gasteiger partial charge on any atom is -0.438 e. The van der Waals surface area contributed by atoms with Crippen molar-refractivity contribution in [3.63, 3.8) is 0 Å². The van der Waals surface area contributed by atoms with Gasteiger partial charge in [0.05, 0.1) is 11.1 Å². The van der Waals surface area contributed by atoms with E-state index in [-0.39, 0.29) is 5.55 Å². The van der Waals surface area contributed by atoms with E-state index in [2.05, 4.69) is 15.0 Å². The molecule has 3 heterocycles. The van der Waals surface area contributed by atoms with Crippen molar-refractivity contribution in [1.82, 2.24) is 15.0 Å². The molecule has 4 aromatic rings. The molecule has 0 bridgehead atoms. The van der Waals surface area contributed by atoms with E-state index >= 15 is 0 Å². The van der Waals surface area contributed by atoms with Crippen LogP contribution in [0.3, 0.4) is 0 Å². The fourth-order valence-electron chi connectivity index (χ4n) is 2.41. The molecule has 0 fully saturated rings. The van der Waals surface area contributed by atoms with Crippen LogP contribution in [0, 0.1) is 12.3 Å². The molecular formula is C16H12N4O. The zero-order valence-electron chi connectivity index (χ0n) is 11.3. The molecule has 0 aliphatic carbocycles. The minimum absolute atomic E-state index is 0.0883. The van der Waals surface area contributed by atoms with Crippen LogP contribution in [0.4, 0.5) is 0 Å². The summed E-state index contributed by atoms with van der Waals surface area (Å²) < 4.78 is 5.58. The number of rotatable bonds is 1. The van der Waals surface area contributed by atoms with Gasteiger partial charge in [-0.3, -0.25) is 5.41 Å². The molecule has 0 aliphatic heterocycles. The van der Waals surface area contributed by atoms with Gasteiger partial charge in [0.2, 0.25) is 5.55 Å². The van der Waals surface area contributed by atoms with Crippen LogP contribution in [-0.2, 0) is 0 Å². The Morgan fingerprint density at radius 1 is 1.19 bits per heavy atom. The molecule has 0 atom stereocenters. The predicted molar refractivity (Wildman–Crippen MR) is 79.7 cm³/mol. The van der Waals surface area contributed by atoms with E-state index < -0.39 is 0 Å². The van der Waals surface area contributed by atoms with Gasteiger partial charge in [-0.05, 0) is 37.3 Å². The van der Waals surface area contributed by atoms with Crippen LogP contribution in [0.2, 0.25) is 0 Å². The Morgan fingerprint density at radius 2 is 2.10 bits per heavy atom. The zero-order chi connectivity index (χ0) is 14.4. The van der Waals surface area contributed by atoms with Gasteiger partial charge in [0, 0.05) is 11.6 Å². The number of H-pyrrole nitrogens is 1. The lowest BCUT2D eigenvalue weighted by Gasteiger charge is -2.02. The molecule has 1 aromatic carbocycles. The summed E-state index contributed by atoms with van der Waals surface area (Å²) in [7, 11) is 0. The molecule has 0 aliphatic rings. The summed E-state index contributed by atoms with van der Waals surface area (Å²) in [6, 6.07) is 11.6. The van der Waals surface area contributed by atoms with Gasteiger partial charge in [-0.25, -0.2) is 9.97 Å². The van der Waals surface area contributed by atoms with Crippen LogP contribution in [0.5, 0.6) is 0 Å². The molecule has 0 radical (unpaired) electrons. The average molecular weight is 276 g/mol. The highest BCUT2D eigenvalue weighted by molar-refractivity contribution is 5.82. The van der Waals surface area contributed by atoms with Crippen molar-refractivity contribution in [3.05, 3.63) is 53.7 Å². The fraction of sp³-hybridized carbons (Fsp3) is 0.0625. The van der Waals surface area contributed by atoms with Gasteiger partial charge < -0.3 is 9.40 Å². The maximum absolute atomic E-state index is 8.07. The molecule has 5 nitrogen and oxygen atoms in total. The van der Waals surface area contributed by atoms with Crippen molar-refractivity contribution in [3.8, 4) is 11.4 Å². The summed E-state index contributed by atoms with van der Waals surface area (Å²) >= 11 is 0. The van der Waals surface area contributed by atoms with Crippen LogP contribution >= 0.6 is 0 Å². The monoisotopic (exact) mass is 276 g/mol. The predicted octanol–water partition coefficient (Wildman–Crippen LogP) is 3.16. The van der Waals surface area contributed by atoms with Gasteiger partial charge in [-0.2, -0.15) is 0 Å². The first-order valence-electron chi connectivity index (χ1n) is 6.61. The van der Waals surface area contributed by atoms with Crippen molar-refractivity contribution >= 4 is 22.1 Å². The first-order valence-corrected chi connectivity index (χ1v) is 6.61. The molecule has 0 amide bonds. The second-order valence-corrected chi connectivity index (χ2v) is 4.99. The molecular weight excluding hydrogens is 264 g/mol. The highest BCUT2D eigenvalue weighted by atomic mass is 16.3. The Balaban J connectivity index is 2.00. The number of hydrogen-bond donors (Lipinski definition) is 2. The quantitative estimate of drug-likeness (QED) is 0.560. The maximum Gasteiger partial charge on any atom is 0.223 e. The first-order chi connectivity index (χ1) is 10.2.